The van der Waals surface area contributed by atoms with Crippen LogP contribution in [-0.4, -0.2) is 31.0 Å². The molecule has 2 aromatic rings. The van der Waals surface area contributed by atoms with Crippen LogP contribution in [0.3, 0.4) is 0 Å². The Morgan fingerprint density at radius 1 is 1.21 bits per heavy atom. The van der Waals surface area contributed by atoms with Crippen LogP contribution in [0.2, 0.25) is 5.02 Å². The molecule has 1 N–H and O–H groups in total. The zero-order chi connectivity index (χ0) is 17.5. The predicted molar refractivity (Wildman–Crippen MR) is 89.5 cm³/mol. The van der Waals surface area contributed by atoms with Gasteiger partial charge < -0.3 is 10.1 Å². The SMILES string of the molecule is CN(CC(=O)Nc1ccccc1OC(F)F)Cc1ccc(Cl)cc1. The summed E-state index contributed by atoms with van der Waals surface area (Å²) in [7, 11) is 1.79. The molecule has 2 rings (SSSR count). The zero-order valence-corrected chi connectivity index (χ0v) is 13.8. The number of ether oxygens (including phenoxy) is 1. The maximum absolute atomic E-state index is 12.4. The van der Waals surface area contributed by atoms with Gasteiger partial charge in [-0.25, -0.2) is 0 Å². The van der Waals surface area contributed by atoms with Gasteiger partial charge in [-0.2, -0.15) is 8.78 Å². The molecule has 1 amide bonds. The second-order valence-corrected chi connectivity index (χ2v) is 5.66. The van der Waals surface area contributed by atoms with E-state index in [9.17, 15) is 13.6 Å². The van der Waals surface area contributed by atoms with Crippen LogP contribution in [0.1, 0.15) is 5.56 Å². The summed E-state index contributed by atoms with van der Waals surface area (Å²) >= 11 is 5.83. The van der Waals surface area contributed by atoms with E-state index in [0.29, 0.717) is 11.6 Å². The fraction of sp³-hybridized carbons (Fsp3) is 0.235. The third kappa shape index (κ3) is 5.79. The molecule has 0 saturated carbocycles. The summed E-state index contributed by atoms with van der Waals surface area (Å²) in [5.41, 5.74) is 1.22. The second-order valence-electron chi connectivity index (χ2n) is 5.22. The van der Waals surface area contributed by atoms with Crippen LogP contribution in [0.5, 0.6) is 5.75 Å². The normalized spacial score (nSPS) is 10.9. The van der Waals surface area contributed by atoms with Gasteiger partial charge in [0.1, 0.15) is 5.75 Å². The second kappa shape index (κ2) is 8.61. The first-order valence-corrected chi connectivity index (χ1v) is 7.58. The third-order valence-corrected chi connectivity index (χ3v) is 3.41. The number of nitrogens with one attached hydrogen (secondary N) is 1. The van der Waals surface area contributed by atoms with E-state index in [2.05, 4.69) is 10.1 Å². The fourth-order valence-electron chi connectivity index (χ4n) is 2.16. The number of nitrogens with zero attached hydrogens (tertiary/aromatic N) is 1. The van der Waals surface area contributed by atoms with Crippen molar-refractivity contribution in [1.82, 2.24) is 4.90 Å². The van der Waals surface area contributed by atoms with Crippen molar-refractivity contribution >= 4 is 23.2 Å². The van der Waals surface area contributed by atoms with Crippen LogP contribution in [0.4, 0.5) is 14.5 Å². The minimum atomic E-state index is -2.95. The van der Waals surface area contributed by atoms with Crippen LogP contribution in [0.25, 0.3) is 0 Å². The van der Waals surface area contributed by atoms with E-state index in [1.54, 1.807) is 36.2 Å². The van der Waals surface area contributed by atoms with Crippen molar-refractivity contribution in [1.29, 1.82) is 0 Å². The van der Waals surface area contributed by atoms with E-state index in [-0.39, 0.29) is 23.9 Å². The fourth-order valence-corrected chi connectivity index (χ4v) is 2.29. The summed E-state index contributed by atoms with van der Waals surface area (Å²) in [6, 6.07) is 13.4. The first-order chi connectivity index (χ1) is 11.4. The van der Waals surface area contributed by atoms with E-state index in [1.165, 1.54) is 12.1 Å². The Bertz CT molecular complexity index is 681. The van der Waals surface area contributed by atoms with E-state index in [4.69, 9.17) is 11.6 Å². The number of amides is 1. The topological polar surface area (TPSA) is 41.6 Å². The molecule has 4 nitrogen and oxygen atoms in total. The Labute approximate surface area is 144 Å². The first kappa shape index (κ1) is 18.2. The van der Waals surface area contributed by atoms with Crippen LogP contribution in [0.15, 0.2) is 48.5 Å². The van der Waals surface area contributed by atoms with E-state index in [0.717, 1.165) is 5.56 Å². The summed E-state index contributed by atoms with van der Waals surface area (Å²) in [5.74, 6) is -0.391. The molecule has 0 saturated heterocycles. The molecule has 2 aromatic carbocycles. The maximum atomic E-state index is 12.4. The number of likely N-dealkylation sites (N-methyl/N-ethyl adjacent to an activating group) is 1. The largest absolute Gasteiger partial charge is 0.433 e. The van der Waals surface area contributed by atoms with Gasteiger partial charge in [0.15, 0.2) is 0 Å². The number of para-hydroxylation sites is 2. The third-order valence-electron chi connectivity index (χ3n) is 3.16. The Balaban J connectivity index is 1.92. The summed E-state index contributed by atoms with van der Waals surface area (Å²) < 4.78 is 29.1. The van der Waals surface area contributed by atoms with Gasteiger partial charge in [0.2, 0.25) is 5.91 Å². The average Bonchev–Trinajstić information content (AvgIpc) is 2.51. The molecular weight excluding hydrogens is 338 g/mol. The lowest BCUT2D eigenvalue weighted by molar-refractivity contribution is -0.117. The number of hydrogen-bond acceptors (Lipinski definition) is 3. The highest BCUT2D eigenvalue weighted by Gasteiger charge is 2.13. The van der Waals surface area contributed by atoms with Crippen molar-refractivity contribution in [2.75, 3.05) is 18.9 Å². The highest BCUT2D eigenvalue weighted by Crippen LogP contribution is 2.25. The molecule has 0 aliphatic carbocycles. The van der Waals surface area contributed by atoms with Gasteiger partial charge >= 0.3 is 6.61 Å². The zero-order valence-electron chi connectivity index (χ0n) is 13.0. The number of carbonyl (C=O) groups is 1. The van der Waals surface area contributed by atoms with Gasteiger partial charge in [-0.15, -0.1) is 0 Å². The number of anilines is 1. The smallest absolute Gasteiger partial charge is 0.387 e. The number of halogens is 3. The summed E-state index contributed by atoms with van der Waals surface area (Å²) in [4.78, 5) is 13.9. The molecule has 0 spiro atoms. The van der Waals surface area contributed by atoms with Crippen molar-refractivity contribution in [2.45, 2.75) is 13.2 Å². The predicted octanol–water partition coefficient (Wildman–Crippen LogP) is 4.01. The van der Waals surface area contributed by atoms with Crippen molar-refractivity contribution in [3.8, 4) is 5.75 Å². The Hall–Kier alpha value is -2.18. The number of hydrogen-bond donors (Lipinski definition) is 1. The Morgan fingerprint density at radius 2 is 1.88 bits per heavy atom. The number of rotatable bonds is 7. The molecule has 0 heterocycles. The van der Waals surface area contributed by atoms with Crippen LogP contribution >= 0.6 is 11.6 Å². The quantitative estimate of drug-likeness (QED) is 0.816. The van der Waals surface area contributed by atoms with Crippen molar-refractivity contribution in [3.63, 3.8) is 0 Å². The Morgan fingerprint density at radius 3 is 2.54 bits per heavy atom. The molecule has 24 heavy (non-hydrogen) atoms. The van der Waals surface area contributed by atoms with Crippen molar-refractivity contribution in [2.24, 2.45) is 0 Å². The first-order valence-electron chi connectivity index (χ1n) is 7.20. The van der Waals surface area contributed by atoms with E-state index < -0.39 is 6.61 Å². The van der Waals surface area contributed by atoms with Crippen LogP contribution in [-0.2, 0) is 11.3 Å². The summed E-state index contributed by atoms with van der Waals surface area (Å²) in [6.07, 6.45) is 0. The maximum Gasteiger partial charge on any atom is 0.387 e. The van der Waals surface area contributed by atoms with Crippen molar-refractivity contribution < 1.29 is 18.3 Å². The van der Waals surface area contributed by atoms with Gasteiger partial charge in [-0.1, -0.05) is 35.9 Å². The van der Waals surface area contributed by atoms with Gasteiger partial charge in [0.05, 0.1) is 12.2 Å². The highest BCUT2D eigenvalue weighted by atomic mass is 35.5. The summed E-state index contributed by atoms with van der Waals surface area (Å²) in [5, 5.41) is 3.23. The Kier molecular flexibility index (Phi) is 6.52. The molecule has 0 unspecified atom stereocenters. The molecular formula is C17H17ClF2N2O2. The minimum absolute atomic E-state index is 0.0683. The molecule has 0 aliphatic heterocycles. The molecule has 0 atom stereocenters. The molecule has 0 radical (unpaired) electrons. The highest BCUT2D eigenvalue weighted by molar-refractivity contribution is 6.30. The summed E-state index contributed by atoms with van der Waals surface area (Å²) in [6.45, 7) is -2.29. The lowest BCUT2D eigenvalue weighted by Gasteiger charge is -2.17. The molecule has 128 valence electrons. The van der Waals surface area contributed by atoms with Gasteiger partial charge in [-0.05, 0) is 36.9 Å². The molecule has 0 aliphatic rings. The molecule has 0 aromatic heterocycles. The lowest BCUT2D eigenvalue weighted by Crippen LogP contribution is -2.30. The van der Waals surface area contributed by atoms with E-state index >= 15 is 0 Å². The standard InChI is InChI=1S/C17H17ClF2N2O2/c1-22(10-12-6-8-13(18)9-7-12)11-16(23)21-14-4-2-3-5-15(14)24-17(19)20/h2-9,17H,10-11H2,1H3,(H,21,23). The van der Waals surface area contributed by atoms with Crippen LogP contribution in [0, 0.1) is 0 Å². The average molecular weight is 355 g/mol. The molecule has 0 bridgehead atoms. The number of benzene rings is 2. The molecule has 0 fully saturated rings. The van der Waals surface area contributed by atoms with Gasteiger partial charge in [-0.3, -0.25) is 9.69 Å². The van der Waals surface area contributed by atoms with Crippen molar-refractivity contribution in [3.05, 3.63) is 59.1 Å². The van der Waals surface area contributed by atoms with E-state index in [1.807, 2.05) is 12.1 Å². The monoisotopic (exact) mass is 354 g/mol. The number of carbonyl (C=O) groups excluding carboxylic acids is 1. The van der Waals surface area contributed by atoms with Crippen LogP contribution < -0.4 is 10.1 Å². The lowest BCUT2D eigenvalue weighted by atomic mass is 10.2. The molecule has 7 heteroatoms. The van der Waals surface area contributed by atoms with Gasteiger partial charge in [0.25, 0.3) is 0 Å². The minimum Gasteiger partial charge on any atom is -0.433 e. The van der Waals surface area contributed by atoms with Gasteiger partial charge in [0, 0.05) is 11.6 Å². The number of alkyl halides is 2.